The standard InChI is InChI=1S/C22H30BrN3O3/c1-16-2-3-18(20(23)12-16)17-13-21(28)19(22(29)14-17)15-24-4-5-25-6-8-26(9-7-25)10-11-27/h2-3,12,15,17,27-28H,4-11,13-14H2,1H3. The van der Waals surface area contributed by atoms with Gasteiger partial charge < -0.3 is 10.2 Å². The van der Waals surface area contributed by atoms with Crippen molar-refractivity contribution in [3.05, 3.63) is 45.1 Å². The fourth-order valence-corrected chi connectivity index (χ4v) is 4.79. The number of rotatable bonds is 7. The first-order chi connectivity index (χ1) is 14.0. The molecule has 7 heteroatoms. The Balaban J connectivity index is 1.52. The van der Waals surface area contributed by atoms with Gasteiger partial charge in [0.1, 0.15) is 5.76 Å². The van der Waals surface area contributed by atoms with E-state index in [9.17, 15) is 9.90 Å². The summed E-state index contributed by atoms with van der Waals surface area (Å²) in [6.45, 7) is 8.28. The molecule has 1 aliphatic carbocycles. The molecule has 0 radical (unpaired) electrons. The molecule has 6 nitrogen and oxygen atoms in total. The molecule has 1 aliphatic heterocycles. The number of nitrogens with zero attached hydrogens (tertiary/aromatic N) is 3. The number of halogens is 1. The van der Waals surface area contributed by atoms with Crippen molar-refractivity contribution < 1.29 is 15.0 Å². The highest BCUT2D eigenvalue weighted by atomic mass is 79.9. The highest BCUT2D eigenvalue weighted by Gasteiger charge is 2.28. The van der Waals surface area contributed by atoms with Gasteiger partial charge in [-0.15, -0.1) is 0 Å². The molecule has 1 unspecified atom stereocenters. The second-order valence-electron chi connectivity index (χ2n) is 7.86. The number of aliphatic hydroxyl groups excluding tert-OH is 2. The second-order valence-corrected chi connectivity index (χ2v) is 8.71. The summed E-state index contributed by atoms with van der Waals surface area (Å²) in [4.78, 5) is 21.6. The SMILES string of the molecule is Cc1ccc(C2CC(=O)C(C=NCCN3CCN(CCO)CC3)=C(O)C2)c(Br)c1. The third-order valence-corrected chi connectivity index (χ3v) is 6.41. The lowest BCUT2D eigenvalue weighted by molar-refractivity contribution is -0.116. The molecular formula is C22H30BrN3O3. The molecule has 1 fully saturated rings. The molecule has 1 heterocycles. The van der Waals surface area contributed by atoms with Crippen molar-refractivity contribution in [3.8, 4) is 0 Å². The Morgan fingerprint density at radius 2 is 1.86 bits per heavy atom. The van der Waals surface area contributed by atoms with E-state index in [1.165, 1.54) is 0 Å². The largest absolute Gasteiger partial charge is 0.511 e. The number of β-amino-alcohol motifs (C(OH)–C–C–N with tert-alkyl or cyclic N) is 1. The van der Waals surface area contributed by atoms with Gasteiger partial charge in [0, 0.05) is 62.8 Å². The van der Waals surface area contributed by atoms with E-state index in [0.717, 1.165) is 54.9 Å². The molecule has 1 atom stereocenters. The van der Waals surface area contributed by atoms with Crippen LogP contribution in [0.25, 0.3) is 0 Å². The monoisotopic (exact) mass is 463 g/mol. The number of benzene rings is 1. The molecule has 1 aromatic rings. The zero-order valence-corrected chi connectivity index (χ0v) is 18.6. The minimum Gasteiger partial charge on any atom is -0.511 e. The molecule has 0 bridgehead atoms. The Morgan fingerprint density at radius 1 is 1.17 bits per heavy atom. The minimum absolute atomic E-state index is 0.00941. The van der Waals surface area contributed by atoms with E-state index >= 15 is 0 Å². The highest BCUT2D eigenvalue weighted by Crippen LogP contribution is 2.36. The van der Waals surface area contributed by atoms with E-state index in [0.29, 0.717) is 25.0 Å². The van der Waals surface area contributed by atoms with Crippen LogP contribution in [0.1, 0.15) is 29.9 Å². The van der Waals surface area contributed by atoms with Crippen LogP contribution in [0.3, 0.4) is 0 Å². The Morgan fingerprint density at radius 3 is 2.48 bits per heavy atom. The Labute approximate surface area is 181 Å². The molecule has 0 spiro atoms. The molecule has 3 rings (SSSR count). The minimum atomic E-state index is -0.0485. The lowest BCUT2D eigenvalue weighted by Crippen LogP contribution is -2.47. The van der Waals surface area contributed by atoms with Crippen molar-refractivity contribution in [3.63, 3.8) is 0 Å². The number of allylic oxidation sites excluding steroid dienone is 2. The lowest BCUT2D eigenvalue weighted by Gasteiger charge is -2.33. The molecule has 2 aliphatic rings. The predicted molar refractivity (Wildman–Crippen MR) is 119 cm³/mol. The molecule has 158 valence electrons. The smallest absolute Gasteiger partial charge is 0.168 e. The maximum Gasteiger partial charge on any atom is 0.168 e. The van der Waals surface area contributed by atoms with Gasteiger partial charge in [0.2, 0.25) is 0 Å². The van der Waals surface area contributed by atoms with Crippen molar-refractivity contribution in [2.75, 3.05) is 52.4 Å². The lowest BCUT2D eigenvalue weighted by atomic mass is 9.83. The number of carbonyl (C=O) groups is 1. The van der Waals surface area contributed by atoms with Crippen molar-refractivity contribution in [2.24, 2.45) is 4.99 Å². The zero-order valence-electron chi connectivity index (χ0n) is 17.0. The number of Topliss-reactive ketones (excluding diaryl/α,β-unsaturated/α-hetero) is 1. The maximum absolute atomic E-state index is 12.6. The molecule has 1 saturated heterocycles. The zero-order chi connectivity index (χ0) is 20.8. The summed E-state index contributed by atoms with van der Waals surface area (Å²) in [5, 5.41) is 19.5. The average molecular weight is 464 g/mol. The summed E-state index contributed by atoms with van der Waals surface area (Å²) in [6.07, 6.45) is 2.40. The number of aliphatic imine (C=N–C) groups is 1. The fraction of sp³-hybridized carbons (Fsp3) is 0.545. The Hall–Kier alpha value is -1.54. The van der Waals surface area contributed by atoms with E-state index in [-0.39, 0.29) is 24.1 Å². The number of hydrogen-bond acceptors (Lipinski definition) is 6. The van der Waals surface area contributed by atoms with Gasteiger partial charge in [-0.25, -0.2) is 0 Å². The van der Waals surface area contributed by atoms with Gasteiger partial charge in [0.15, 0.2) is 5.78 Å². The summed E-state index contributed by atoms with van der Waals surface area (Å²) in [5.41, 5.74) is 2.58. The summed E-state index contributed by atoms with van der Waals surface area (Å²) in [7, 11) is 0. The van der Waals surface area contributed by atoms with Crippen LogP contribution in [0.5, 0.6) is 0 Å². The van der Waals surface area contributed by atoms with Crippen LogP contribution in [-0.4, -0.2) is 84.4 Å². The van der Waals surface area contributed by atoms with Gasteiger partial charge in [-0.2, -0.15) is 0 Å². The topological polar surface area (TPSA) is 76.4 Å². The molecule has 0 amide bonds. The first-order valence-corrected chi connectivity index (χ1v) is 11.0. The van der Waals surface area contributed by atoms with E-state index < -0.39 is 0 Å². The molecular weight excluding hydrogens is 434 g/mol. The van der Waals surface area contributed by atoms with Gasteiger partial charge in [0.05, 0.1) is 18.7 Å². The number of aliphatic hydroxyl groups is 2. The van der Waals surface area contributed by atoms with Crippen LogP contribution in [0.4, 0.5) is 0 Å². The molecule has 1 aromatic carbocycles. The Kier molecular flexibility index (Phi) is 8.00. The first-order valence-electron chi connectivity index (χ1n) is 10.2. The Bertz CT molecular complexity index is 786. The quantitative estimate of drug-likeness (QED) is 0.607. The summed E-state index contributed by atoms with van der Waals surface area (Å²) >= 11 is 3.58. The van der Waals surface area contributed by atoms with E-state index in [1.54, 1.807) is 6.21 Å². The van der Waals surface area contributed by atoms with Gasteiger partial charge in [0.25, 0.3) is 0 Å². The van der Waals surface area contributed by atoms with Crippen LogP contribution in [0.2, 0.25) is 0 Å². The number of hydrogen-bond donors (Lipinski definition) is 2. The number of carbonyl (C=O) groups excluding carboxylic acids is 1. The number of aryl methyl sites for hydroxylation is 1. The number of ketones is 1. The molecule has 0 aromatic heterocycles. The highest BCUT2D eigenvalue weighted by molar-refractivity contribution is 9.10. The molecule has 29 heavy (non-hydrogen) atoms. The van der Waals surface area contributed by atoms with Gasteiger partial charge in [-0.05, 0) is 30.0 Å². The third kappa shape index (κ3) is 5.98. The van der Waals surface area contributed by atoms with E-state index in [2.05, 4.69) is 30.7 Å². The van der Waals surface area contributed by atoms with Crippen molar-refractivity contribution in [2.45, 2.75) is 25.7 Å². The van der Waals surface area contributed by atoms with Crippen LogP contribution >= 0.6 is 15.9 Å². The third-order valence-electron chi connectivity index (χ3n) is 5.73. The first kappa shape index (κ1) is 22.2. The van der Waals surface area contributed by atoms with Gasteiger partial charge in [-0.1, -0.05) is 28.1 Å². The fourth-order valence-electron chi connectivity index (χ4n) is 3.97. The van der Waals surface area contributed by atoms with Crippen LogP contribution < -0.4 is 0 Å². The van der Waals surface area contributed by atoms with Gasteiger partial charge in [-0.3, -0.25) is 19.6 Å². The van der Waals surface area contributed by atoms with Crippen molar-refractivity contribution >= 4 is 27.9 Å². The molecule has 2 N–H and O–H groups in total. The maximum atomic E-state index is 12.6. The van der Waals surface area contributed by atoms with Crippen LogP contribution in [0, 0.1) is 6.92 Å². The predicted octanol–water partition coefficient (Wildman–Crippen LogP) is 2.70. The van der Waals surface area contributed by atoms with E-state index in [4.69, 9.17) is 5.11 Å². The van der Waals surface area contributed by atoms with Crippen LogP contribution in [0.15, 0.2) is 39.0 Å². The average Bonchev–Trinajstić information content (AvgIpc) is 2.68. The van der Waals surface area contributed by atoms with E-state index in [1.807, 2.05) is 25.1 Å². The normalized spacial score (nSPS) is 22.0. The summed E-state index contributed by atoms with van der Waals surface area (Å²) in [6, 6.07) is 6.11. The van der Waals surface area contributed by atoms with Crippen molar-refractivity contribution in [1.82, 2.24) is 9.80 Å². The number of piperazine rings is 1. The summed E-state index contributed by atoms with van der Waals surface area (Å²) < 4.78 is 0.985. The van der Waals surface area contributed by atoms with Crippen molar-refractivity contribution in [1.29, 1.82) is 0 Å². The van der Waals surface area contributed by atoms with Crippen LogP contribution in [-0.2, 0) is 4.79 Å². The summed E-state index contributed by atoms with van der Waals surface area (Å²) in [5.74, 6) is 0.0810. The second kappa shape index (κ2) is 10.5. The van der Waals surface area contributed by atoms with Gasteiger partial charge >= 0.3 is 0 Å². The molecule has 0 saturated carbocycles.